The highest BCUT2D eigenvalue weighted by Crippen LogP contribution is 2.29. The van der Waals surface area contributed by atoms with Gasteiger partial charge in [0.2, 0.25) is 5.91 Å². The Bertz CT molecular complexity index is 1050. The molecule has 35 heavy (non-hydrogen) atoms. The maximum atomic E-state index is 12.9. The average Bonchev–Trinajstić information content (AvgIpc) is 3.57. The summed E-state index contributed by atoms with van der Waals surface area (Å²) in [7, 11) is 0. The summed E-state index contributed by atoms with van der Waals surface area (Å²) in [6, 6.07) is 4.07. The molecule has 0 aliphatic carbocycles. The second-order valence-electron chi connectivity index (χ2n) is 10.7. The molecule has 3 aliphatic rings. The Labute approximate surface area is 207 Å². The molecule has 5 rings (SSSR count). The van der Waals surface area contributed by atoms with Gasteiger partial charge in [0.05, 0.1) is 18.0 Å². The SMILES string of the molecule is CC(C)COC(=O)N1CCCC(c2nc3nc(N4CCCC(C(=O)N5CCCC5)C4)ccc3[nH]2)C1. The van der Waals surface area contributed by atoms with E-state index in [9.17, 15) is 9.59 Å². The van der Waals surface area contributed by atoms with Crippen molar-refractivity contribution in [3.63, 3.8) is 0 Å². The largest absolute Gasteiger partial charge is 0.449 e. The summed E-state index contributed by atoms with van der Waals surface area (Å²) < 4.78 is 5.44. The molecule has 2 aromatic heterocycles. The molecule has 0 bridgehead atoms. The predicted octanol–water partition coefficient (Wildman–Crippen LogP) is 3.77. The number of nitrogens with one attached hydrogen (secondary N) is 1. The number of likely N-dealkylation sites (tertiary alicyclic amines) is 2. The molecule has 5 heterocycles. The smallest absolute Gasteiger partial charge is 0.409 e. The van der Waals surface area contributed by atoms with Crippen molar-refractivity contribution in [2.24, 2.45) is 11.8 Å². The molecular weight excluding hydrogens is 444 g/mol. The summed E-state index contributed by atoms with van der Waals surface area (Å²) in [5.41, 5.74) is 1.61. The number of nitrogens with zero attached hydrogens (tertiary/aromatic N) is 5. The first kappa shape index (κ1) is 23.9. The van der Waals surface area contributed by atoms with Crippen molar-refractivity contribution >= 4 is 29.0 Å². The fourth-order valence-corrected chi connectivity index (χ4v) is 5.55. The molecule has 3 fully saturated rings. The molecule has 3 aliphatic heterocycles. The highest BCUT2D eigenvalue weighted by molar-refractivity contribution is 5.80. The van der Waals surface area contributed by atoms with Crippen LogP contribution >= 0.6 is 0 Å². The fourth-order valence-electron chi connectivity index (χ4n) is 5.55. The molecule has 3 saturated heterocycles. The Morgan fingerprint density at radius 3 is 2.57 bits per heavy atom. The van der Waals surface area contributed by atoms with Crippen LogP contribution in [-0.4, -0.2) is 82.6 Å². The van der Waals surface area contributed by atoms with E-state index in [0.717, 1.165) is 88.4 Å². The lowest BCUT2D eigenvalue weighted by molar-refractivity contribution is -0.134. The number of imidazole rings is 1. The lowest BCUT2D eigenvalue weighted by atomic mass is 9.96. The molecule has 0 radical (unpaired) electrons. The summed E-state index contributed by atoms with van der Waals surface area (Å²) in [4.78, 5) is 44.6. The number of pyridine rings is 1. The number of amides is 2. The number of anilines is 1. The van der Waals surface area contributed by atoms with Crippen LogP contribution in [0, 0.1) is 11.8 Å². The third-order valence-corrected chi connectivity index (χ3v) is 7.47. The van der Waals surface area contributed by atoms with E-state index in [-0.39, 0.29) is 17.9 Å². The number of aromatic nitrogens is 3. The minimum Gasteiger partial charge on any atom is -0.449 e. The molecule has 0 saturated carbocycles. The van der Waals surface area contributed by atoms with Gasteiger partial charge in [0.1, 0.15) is 11.6 Å². The summed E-state index contributed by atoms with van der Waals surface area (Å²) in [5.74, 6) is 2.60. The second kappa shape index (κ2) is 10.4. The lowest BCUT2D eigenvalue weighted by Crippen LogP contribution is -2.44. The van der Waals surface area contributed by atoms with Gasteiger partial charge in [-0.3, -0.25) is 4.79 Å². The van der Waals surface area contributed by atoms with E-state index in [1.165, 1.54) is 0 Å². The Kier molecular flexibility index (Phi) is 7.11. The number of fused-ring (bicyclic) bond motifs is 1. The molecule has 190 valence electrons. The normalized spacial score (nSPS) is 23.3. The third kappa shape index (κ3) is 5.38. The van der Waals surface area contributed by atoms with E-state index in [1.54, 1.807) is 4.90 Å². The summed E-state index contributed by atoms with van der Waals surface area (Å²) in [6.07, 6.45) is 5.88. The van der Waals surface area contributed by atoms with Gasteiger partial charge in [0, 0.05) is 45.2 Å². The number of H-pyrrole nitrogens is 1. The van der Waals surface area contributed by atoms with Gasteiger partial charge < -0.3 is 24.4 Å². The molecule has 9 heteroatoms. The molecular formula is C26H38N6O3. The number of ether oxygens (including phenoxy) is 1. The van der Waals surface area contributed by atoms with Crippen molar-refractivity contribution in [2.75, 3.05) is 50.8 Å². The molecule has 0 spiro atoms. The number of hydrogen-bond acceptors (Lipinski definition) is 6. The number of carbonyl (C=O) groups excluding carboxylic acids is 2. The van der Waals surface area contributed by atoms with Crippen LogP contribution in [0.1, 0.15) is 64.1 Å². The maximum absolute atomic E-state index is 12.9. The first-order valence-electron chi connectivity index (χ1n) is 13.3. The zero-order valence-corrected chi connectivity index (χ0v) is 21.0. The van der Waals surface area contributed by atoms with E-state index in [0.29, 0.717) is 30.6 Å². The van der Waals surface area contributed by atoms with Crippen LogP contribution in [-0.2, 0) is 9.53 Å². The standard InChI is InChI=1S/C26H38N6O3/c1-18(2)17-35-26(34)32-14-5-7-19(15-32)23-27-21-9-10-22(28-24(21)29-23)31-13-6-8-20(16-31)25(33)30-11-3-4-12-30/h9-10,18-20H,3-8,11-17H2,1-2H3,(H,27,28,29). The van der Waals surface area contributed by atoms with Gasteiger partial charge in [-0.05, 0) is 56.6 Å². The Balaban J connectivity index is 1.26. The van der Waals surface area contributed by atoms with Crippen molar-refractivity contribution < 1.29 is 14.3 Å². The van der Waals surface area contributed by atoms with Crippen LogP contribution in [0.15, 0.2) is 12.1 Å². The number of aromatic amines is 1. The highest BCUT2D eigenvalue weighted by Gasteiger charge is 2.32. The zero-order valence-electron chi connectivity index (χ0n) is 21.0. The van der Waals surface area contributed by atoms with Crippen molar-refractivity contribution in [3.8, 4) is 0 Å². The zero-order chi connectivity index (χ0) is 24.4. The Morgan fingerprint density at radius 1 is 1.00 bits per heavy atom. The maximum Gasteiger partial charge on any atom is 0.409 e. The van der Waals surface area contributed by atoms with E-state index in [2.05, 4.69) is 9.88 Å². The minimum atomic E-state index is -0.233. The van der Waals surface area contributed by atoms with Crippen LogP contribution in [0.2, 0.25) is 0 Å². The molecule has 2 amide bonds. The van der Waals surface area contributed by atoms with Crippen molar-refractivity contribution in [2.45, 2.75) is 58.3 Å². The molecule has 9 nitrogen and oxygen atoms in total. The monoisotopic (exact) mass is 482 g/mol. The van der Waals surface area contributed by atoms with Gasteiger partial charge in [-0.25, -0.2) is 14.8 Å². The van der Waals surface area contributed by atoms with Gasteiger partial charge in [-0.15, -0.1) is 0 Å². The van der Waals surface area contributed by atoms with Gasteiger partial charge in [-0.2, -0.15) is 0 Å². The lowest BCUT2D eigenvalue weighted by Gasteiger charge is -2.34. The average molecular weight is 483 g/mol. The quantitative estimate of drug-likeness (QED) is 0.697. The van der Waals surface area contributed by atoms with Crippen molar-refractivity contribution in [3.05, 3.63) is 18.0 Å². The van der Waals surface area contributed by atoms with E-state index in [4.69, 9.17) is 14.7 Å². The van der Waals surface area contributed by atoms with Crippen LogP contribution in [0.3, 0.4) is 0 Å². The topological polar surface area (TPSA) is 94.7 Å². The number of hydrogen-bond donors (Lipinski definition) is 1. The first-order chi connectivity index (χ1) is 17.0. The van der Waals surface area contributed by atoms with Gasteiger partial charge >= 0.3 is 6.09 Å². The van der Waals surface area contributed by atoms with Crippen molar-refractivity contribution in [1.29, 1.82) is 0 Å². The molecule has 0 aromatic carbocycles. The molecule has 2 unspecified atom stereocenters. The second-order valence-corrected chi connectivity index (χ2v) is 10.7. The van der Waals surface area contributed by atoms with Crippen LogP contribution in [0.25, 0.3) is 11.2 Å². The number of carbonyl (C=O) groups is 2. The van der Waals surface area contributed by atoms with Crippen LogP contribution in [0.5, 0.6) is 0 Å². The van der Waals surface area contributed by atoms with Gasteiger partial charge in [0.15, 0.2) is 5.65 Å². The van der Waals surface area contributed by atoms with E-state index < -0.39 is 0 Å². The molecule has 1 N–H and O–H groups in total. The fraction of sp³-hybridized carbons (Fsp3) is 0.692. The van der Waals surface area contributed by atoms with E-state index in [1.807, 2.05) is 30.9 Å². The number of piperidine rings is 2. The summed E-state index contributed by atoms with van der Waals surface area (Å²) >= 11 is 0. The molecule has 2 atom stereocenters. The van der Waals surface area contributed by atoms with Crippen LogP contribution < -0.4 is 4.90 Å². The highest BCUT2D eigenvalue weighted by atomic mass is 16.6. The molecule has 2 aromatic rings. The Hall–Kier alpha value is -2.84. The van der Waals surface area contributed by atoms with Gasteiger partial charge in [-0.1, -0.05) is 13.8 Å². The van der Waals surface area contributed by atoms with Crippen LogP contribution in [0.4, 0.5) is 10.6 Å². The summed E-state index contributed by atoms with van der Waals surface area (Å²) in [5, 5.41) is 0. The van der Waals surface area contributed by atoms with Crippen molar-refractivity contribution in [1.82, 2.24) is 24.8 Å². The minimum absolute atomic E-state index is 0.0535. The van der Waals surface area contributed by atoms with E-state index >= 15 is 0 Å². The van der Waals surface area contributed by atoms with Gasteiger partial charge in [0.25, 0.3) is 0 Å². The number of rotatable bonds is 5. The Morgan fingerprint density at radius 2 is 1.77 bits per heavy atom. The predicted molar refractivity (Wildman–Crippen MR) is 134 cm³/mol. The summed E-state index contributed by atoms with van der Waals surface area (Å²) in [6.45, 7) is 9.30. The third-order valence-electron chi connectivity index (χ3n) is 7.47. The first-order valence-corrected chi connectivity index (χ1v) is 13.3.